The molecule has 2 aromatic heterocycles. The van der Waals surface area contributed by atoms with Crippen LogP contribution in [0.4, 0.5) is 5.82 Å². The van der Waals surface area contributed by atoms with Crippen LogP contribution in [0.1, 0.15) is 20.8 Å². The van der Waals surface area contributed by atoms with Crippen molar-refractivity contribution >= 4 is 44.9 Å². The second-order valence-corrected chi connectivity index (χ2v) is 7.36. The number of fused-ring (bicyclic) bond motifs is 1. The first-order chi connectivity index (χ1) is 13.0. The van der Waals surface area contributed by atoms with E-state index in [1.807, 2.05) is 37.1 Å². The molecule has 0 amide bonds. The average molecular weight is 406 g/mol. The van der Waals surface area contributed by atoms with Crippen molar-refractivity contribution in [3.05, 3.63) is 51.6 Å². The van der Waals surface area contributed by atoms with Gasteiger partial charge < -0.3 is 14.4 Å². The molecule has 1 aromatic carbocycles. The Bertz CT molecular complexity index is 946. The molecule has 0 fully saturated rings. The first kappa shape index (κ1) is 19.5. The van der Waals surface area contributed by atoms with E-state index in [-0.39, 0.29) is 17.9 Å². The number of thiophene rings is 1. The molecule has 0 N–H and O–H groups in total. The van der Waals surface area contributed by atoms with E-state index in [9.17, 15) is 4.79 Å². The van der Waals surface area contributed by atoms with E-state index in [0.29, 0.717) is 28.7 Å². The van der Waals surface area contributed by atoms with E-state index < -0.39 is 0 Å². The number of hydrogen-bond donors (Lipinski definition) is 0. The lowest BCUT2D eigenvalue weighted by molar-refractivity contribution is 0.0393. The standard InChI is InChI=1S/C19H20ClN3O3S/c1-12-14-16(23(2)11-13-7-5-4-6-8-13)21-19(20)22-17(14)27-15(12)18(24)26-10-9-25-3/h4-8H,9-11H2,1-3H3. The van der Waals surface area contributed by atoms with Gasteiger partial charge in [-0.3, -0.25) is 0 Å². The first-order valence-corrected chi connectivity index (χ1v) is 9.58. The number of aromatic nitrogens is 2. The molecule has 0 aliphatic carbocycles. The highest BCUT2D eigenvalue weighted by atomic mass is 35.5. The summed E-state index contributed by atoms with van der Waals surface area (Å²) in [5, 5.41) is 0.972. The van der Waals surface area contributed by atoms with Gasteiger partial charge in [0.15, 0.2) is 0 Å². The molecular formula is C19H20ClN3O3S. The van der Waals surface area contributed by atoms with Gasteiger partial charge in [0.05, 0.1) is 12.0 Å². The minimum absolute atomic E-state index is 0.151. The third kappa shape index (κ3) is 4.37. The van der Waals surface area contributed by atoms with Gasteiger partial charge in [-0.2, -0.15) is 4.98 Å². The number of benzene rings is 1. The molecule has 2 heterocycles. The van der Waals surface area contributed by atoms with E-state index in [2.05, 4.69) is 22.1 Å². The smallest absolute Gasteiger partial charge is 0.348 e. The Hall–Kier alpha value is -2.22. The fourth-order valence-corrected chi connectivity index (χ4v) is 4.06. The van der Waals surface area contributed by atoms with Crippen LogP contribution in [0.5, 0.6) is 0 Å². The zero-order chi connectivity index (χ0) is 19.4. The molecular weight excluding hydrogens is 386 g/mol. The van der Waals surface area contributed by atoms with E-state index in [0.717, 1.165) is 16.5 Å². The molecule has 0 unspecified atom stereocenters. The number of aryl methyl sites for hydroxylation is 1. The zero-order valence-corrected chi connectivity index (χ0v) is 16.9. The van der Waals surface area contributed by atoms with E-state index >= 15 is 0 Å². The third-order valence-corrected chi connectivity index (χ3v) is 5.41. The summed E-state index contributed by atoms with van der Waals surface area (Å²) < 4.78 is 10.2. The highest BCUT2D eigenvalue weighted by Gasteiger charge is 2.23. The maximum Gasteiger partial charge on any atom is 0.348 e. The van der Waals surface area contributed by atoms with Crippen molar-refractivity contribution in [2.24, 2.45) is 0 Å². The summed E-state index contributed by atoms with van der Waals surface area (Å²) in [6.45, 7) is 3.09. The Labute approximate surface area is 166 Å². The SMILES string of the molecule is COCCOC(=O)c1sc2nc(Cl)nc(N(C)Cc3ccccc3)c2c1C. The van der Waals surface area contributed by atoms with Crippen molar-refractivity contribution in [2.75, 3.05) is 32.3 Å². The highest BCUT2D eigenvalue weighted by molar-refractivity contribution is 7.20. The maximum absolute atomic E-state index is 12.4. The predicted octanol–water partition coefficient (Wildman–Crippen LogP) is 4.09. The molecule has 142 valence electrons. The van der Waals surface area contributed by atoms with Crippen LogP contribution >= 0.6 is 22.9 Å². The van der Waals surface area contributed by atoms with Crippen LogP contribution in [0.15, 0.2) is 30.3 Å². The van der Waals surface area contributed by atoms with Gasteiger partial charge in [-0.05, 0) is 29.7 Å². The lowest BCUT2D eigenvalue weighted by atomic mass is 10.1. The second kappa shape index (κ2) is 8.65. The van der Waals surface area contributed by atoms with Crippen LogP contribution in [0.25, 0.3) is 10.2 Å². The number of hydrogen-bond acceptors (Lipinski definition) is 7. The van der Waals surface area contributed by atoms with Gasteiger partial charge in [-0.15, -0.1) is 11.3 Å². The summed E-state index contributed by atoms with van der Waals surface area (Å²) in [7, 11) is 3.50. The fraction of sp³-hybridized carbons (Fsp3) is 0.316. The molecule has 0 radical (unpaired) electrons. The molecule has 0 spiro atoms. The Morgan fingerprint density at radius 3 is 2.67 bits per heavy atom. The summed E-state index contributed by atoms with van der Waals surface area (Å²) in [5.41, 5.74) is 1.94. The Morgan fingerprint density at radius 2 is 1.96 bits per heavy atom. The number of anilines is 1. The zero-order valence-electron chi connectivity index (χ0n) is 15.4. The van der Waals surface area contributed by atoms with Crippen LogP contribution in [-0.2, 0) is 16.0 Å². The Kier molecular flexibility index (Phi) is 6.26. The van der Waals surface area contributed by atoms with Crippen molar-refractivity contribution in [1.29, 1.82) is 0 Å². The van der Waals surface area contributed by atoms with Gasteiger partial charge >= 0.3 is 5.97 Å². The lowest BCUT2D eigenvalue weighted by Gasteiger charge is -2.19. The first-order valence-electron chi connectivity index (χ1n) is 8.39. The number of methoxy groups -OCH3 is 1. The molecule has 3 rings (SSSR count). The normalized spacial score (nSPS) is 11.0. The van der Waals surface area contributed by atoms with Crippen LogP contribution < -0.4 is 4.90 Å². The summed E-state index contributed by atoms with van der Waals surface area (Å²) in [6.07, 6.45) is 0. The highest BCUT2D eigenvalue weighted by Crippen LogP contribution is 2.36. The number of carbonyl (C=O) groups excluding carboxylic acids is 1. The monoisotopic (exact) mass is 405 g/mol. The molecule has 0 saturated carbocycles. The molecule has 0 atom stereocenters. The number of rotatable bonds is 7. The molecule has 0 aliphatic rings. The number of nitrogens with zero attached hydrogens (tertiary/aromatic N) is 3. The summed E-state index contributed by atoms with van der Waals surface area (Å²) in [6, 6.07) is 10.1. The van der Waals surface area contributed by atoms with Crippen molar-refractivity contribution in [1.82, 2.24) is 9.97 Å². The summed E-state index contributed by atoms with van der Waals surface area (Å²) in [4.78, 5) is 24.3. The molecule has 3 aromatic rings. The number of halogens is 1. The van der Waals surface area contributed by atoms with E-state index in [1.54, 1.807) is 7.11 Å². The van der Waals surface area contributed by atoms with Gasteiger partial charge in [-0.1, -0.05) is 30.3 Å². The second-order valence-electron chi connectivity index (χ2n) is 6.02. The van der Waals surface area contributed by atoms with Crippen molar-refractivity contribution in [2.45, 2.75) is 13.5 Å². The molecule has 27 heavy (non-hydrogen) atoms. The topological polar surface area (TPSA) is 64.5 Å². The maximum atomic E-state index is 12.4. The molecule has 8 heteroatoms. The van der Waals surface area contributed by atoms with Gasteiger partial charge in [-0.25, -0.2) is 9.78 Å². The fourth-order valence-electron chi connectivity index (χ4n) is 2.78. The number of carbonyl (C=O) groups is 1. The van der Waals surface area contributed by atoms with Crippen LogP contribution in [0.3, 0.4) is 0 Å². The Balaban J connectivity index is 1.96. The number of esters is 1. The van der Waals surface area contributed by atoms with Crippen LogP contribution in [0.2, 0.25) is 5.28 Å². The average Bonchev–Trinajstić information content (AvgIpc) is 2.98. The van der Waals surface area contributed by atoms with Gasteiger partial charge in [0.1, 0.15) is 22.1 Å². The minimum atomic E-state index is -0.389. The molecule has 0 aliphatic heterocycles. The van der Waals surface area contributed by atoms with Crippen molar-refractivity contribution < 1.29 is 14.3 Å². The minimum Gasteiger partial charge on any atom is -0.459 e. The number of ether oxygens (including phenoxy) is 2. The largest absolute Gasteiger partial charge is 0.459 e. The van der Waals surface area contributed by atoms with Crippen LogP contribution in [-0.4, -0.2) is 43.3 Å². The predicted molar refractivity (Wildman–Crippen MR) is 108 cm³/mol. The van der Waals surface area contributed by atoms with Gasteiger partial charge in [0.25, 0.3) is 0 Å². The Morgan fingerprint density at radius 1 is 1.22 bits per heavy atom. The summed E-state index contributed by atoms with van der Waals surface area (Å²) in [5.74, 6) is 0.305. The van der Waals surface area contributed by atoms with Crippen LogP contribution in [0, 0.1) is 6.92 Å². The lowest BCUT2D eigenvalue weighted by Crippen LogP contribution is -2.18. The summed E-state index contributed by atoms with van der Waals surface area (Å²) >= 11 is 7.40. The molecule has 0 saturated heterocycles. The van der Waals surface area contributed by atoms with Crippen molar-refractivity contribution in [3.8, 4) is 0 Å². The van der Waals surface area contributed by atoms with Gasteiger partial charge in [0, 0.05) is 20.7 Å². The van der Waals surface area contributed by atoms with Crippen molar-refractivity contribution in [3.63, 3.8) is 0 Å². The quantitative estimate of drug-likeness (QED) is 0.335. The van der Waals surface area contributed by atoms with E-state index in [1.165, 1.54) is 11.3 Å². The molecule has 6 nitrogen and oxygen atoms in total. The van der Waals surface area contributed by atoms with E-state index in [4.69, 9.17) is 21.1 Å². The molecule has 0 bridgehead atoms. The van der Waals surface area contributed by atoms with Gasteiger partial charge in [0.2, 0.25) is 5.28 Å². The third-order valence-electron chi connectivity index (χ3n) is 4.07.